The Kier molecular flexibility index (Phi) is 11.0. The van der Waals surface area contributed by atoms with E-state index in [4.69, 9.17) is 19.2 Å². The van der Waals surface area contributed by atoms with E-state index in [-0.39, 0.29) is 43.5 Å². The summed E-state index contributed by atoms with van der Waals surface area (Å²) in [6.07, 6.45) is 10.2. The maximum Gasteiger partial charge on any atom is 0.272 e. The standard InChI is InChI=1S/C41H51N7O9S/c1-24(2)56-34-21-33(28-14-15-32(55-6)25(3)35(28)43-34)57-27-20-31-37(50)44-41(39(52)46-58(53,54)40(4)17-18-40)22-26(41)12-10-8-7-9-11-13-30(38(51)48(31)23-27)42-36(49)29-16-19-47(5)45-29/h7-10,14-16,19,21,24,26-27,30-31H,11-13,17-18,20,22-23H2,1-6H3,(H,42,49)(H,44,50)(H,46,52)/b9-7+,10-8+/t26-,27-,30+,31+,41-/m1/s1. The molecule has 3 N–H and O–H groups in total. The monoisotopic (exact) mass is 817 g/mol. The summed E-state index contributed by atoms with van der Waals surface area (Å²) in [5, 5.41) is 10.6. The molecule has 0 spiro atoms. The number of rotatable bonds is 10. The van der Waals surface area contributed by atoms with E-state index in [1.165, 1.54) is 9.58 Å². The third kappa shape index (κ3) is 8.13. The van der Waals surface area contributed by atoms with Crippen LogP contribution in [0.2, 0.25) is 0 Å². The number of methoxy groups -OCH3 is 1. The minimum atomic E-state index is -4.01. The van der Waals surface area contributed by atoms with Crippen LogP contribution in [0.1, 0.15) is 81.8 Å². The molecular formula is C41H51N7O9S. The number of amides is 4. The Morgan fingerprint density at radius 3 is 2.53 bits per heavy atom. The number of ether oxygens (including phenoxy) is 3. The predicted molar refractivity (Wildman–Crippen MR) is 214 cm³/mol. The Morgan fingerprint density at radius 2 is 1.84 bits per heavy atom. The molecule has 5 atom stereocenters. The second-order valence-electron chi connectivity index (χ2n) is 16.2. The number of sulfonamides is 1. The van der Waals surface area contributed by atoms with Crippen molar-refractivity contribution in [1.29, 1.82) is 0 Å². The number of nitrogens with one attached hydrogen (secondary N) is 3. The highest BCUT2D eigenvalue weighted by Gasteiger charge is 2.63. The highest BCUT2D eigenvalue weighted by atomic mass is 32.2. The minimum absolute atomic E-state index is 0.0242. The molecule has 0 bridgehead atoms. The lowest BCUT2D eigenvalue weighted by molar-refractivity contribution is -0.141. The molecule has 2 aliphatic carbocycles. The molecule has 4 amide bonds. The van der Waals surface area contributed by atoms with Crippen LogP contribution in [0.15, 0.2) is 54.8 Å². The molecular weight excluding hydrogens is 767 g/mol. The zero-order valence-electron chi connectivity index (χ0n) is 33.6. The van der Waals surface area contributed by atoms with Crippen molar-refractivity contribution in [3.63, 3.8) is 0 Å². The molecule has 17 heteroatoms. The molecule has 0 unspecified atom stereocenters. The Labute approximate surface area is 337 Å². The van der Waals surface area contributed by atoms with Crippen LogP contribution in [0.4, 0.5) is 0 Å². The molecule has 1 aromatic carbocycles. The number of allylic oxidation sites excluding steroid dienone is 4. The van der Waals surface area contributed by atoms with Gasteiger partial charge in [0.2, 0.25) is 27.7 Å². The number of aryl methyl sites for hydroxylation is 2. The van der Waals surface area contributed by atoms with Crippen LogP contribution in [-0.4, -0.2) is 99.9 Å². The lowest BCUT2D eigenvalue weighted by Gasteiger charge is -2.30. The van der Waals surface area contributed by atoms with Crippen LogP contribution in [0, 0.1) is 12.8 Å². The van der Waals surface area contributed by atoms with Gasteiger partial charge in [0.05, 0.1) is 30.0 Å². The van der Waals surface area contributed by atoms with E-state index < -0.39 is 62.1 Å². The molecule has 4 aliphatic rings. The Morgan fingerprint density at radius 1 is 1.09 bits per heavy atom. The maximum atomic E-state index is 14.7. The van der Waals surface area contributed by atoms with E-state index in [2.05, 4.69) is 20.5 Å². The number of hydrogen-bond acceptors (Lipinski definition) is 11. The largest absolute Gasteiger partial charge is 0.496 e. The first-order chi connectivity index (χ1) is 27.5. The van der Waals surface area contributed by atoms with Crippen molar-refractivity contribution in [3.8, 4) is 17.4 Å². The van der Waals surface area contributed by atoms with E-state index in [1.54, 1.807) is 39.4 Å². The molecule has 2 saturated carbocycles. The van der Waals surface area contributed by atoms with Gasteiger partial charge >= 0.3 is 0 Å². The highest BCUT2D eigenvalue weighted by molar-refractivity contribution is 7.91. The van der Waals surface area contributed by atoms with Crippen molar-refractivity contribution in [2.75, 3.05) is 13.7 Å². The van der Waals surface area contributed by atoms with Crippen molar-refractivity contribution in [1.82, 2.24) is 35.0 Å². The number of carbonyl (C=O) groups is 4. The van der Waals surface area contributed by atoms with Crippen LogP contribution in [-0.2, 0) is 31.5 Å². The second kappa shape index (κ2) is 15.7. The van der Waals surface area contributed by atoms with Gasteiger partial charge in [0.15, 0.2) is 0 Å². The zero-order chi connectivity index (χ0) is 41.6. The van der Waals surface area contributed by atoms with Gasteiger partial charge in [-0.2, -0.15) is 5.10 Å². The predicted octanol–water partition coefficient (Wildman–Crippen LogP) is 3.39. The number of carbonyl (C=O) groups excluding carboxylic acids is 4. The molecule has 2 aromatic heterocycles. The number of nitrogens with zero attached hydrogens (tertiary/aromatic N) is 4. The fraction of sp³-hybridized carbons (Fsp3) is 0.512. The summed E-state index contributed by atoms with van der Waals surface area (Å²) in [7, 11) is -0.758. The Hall–Kier alpha value is -5.45. The van der Waals surface area contributed by atoms with E-state index in [9.17, 15) is 27.6 Å². The lowest BCUT2D eigenvalue weighted by atomic mass is 10.1. The van der Waals surface area contributed by atoms with E-state index in [0.29, 0.717) is 54.0 Å². The van der Waals surface area contributed by atoms with Crippen molar-refractivity contribution in [2.45, 2.75) is 107 Å². The first-order valence-corrected chi connectivity index (χ1v) is 21.2. The summed E-state index contributed by atoms with van der Waals surface area (Å²) < 4.78 is 47.4. The quantitative estimate of drug-likeness (QED) is 0.271. The molecule has 4 heterocycles. The molecule has 7 rings (SSSR count). The molecule has 58 heavy (non-hydrogen) atoms. The van der Waals surface area contributed by atoms with Crippen molar-refractivity contribution in [2.24, 2.45) is 13.0 Å². The first-order valence-electron chi connectivity index (χ1n) is 19.7. The van der Waals surface area contributed by atoms with E-state index in [1.807, 2.05) is 57.2 Å². The third-order valence-corrected chi connectivity index (χ3v) is 13.7. The molecule has 310 valence electrons. The average Bonchev–Trinajstić information content (AvgIpc) is 3.97. The number of hydrogen-bond donors (Lipinski definition) is 3. The number of pyridine rings is 1. The van der Waals surface area contributed by atoms with Gasteiger partial charge in [-0.3, -0.25) is 28.6 Å². The molecule has 1 saturated heterocycles. The molecule has 2 aliphatic heterocycles. The molecule has 16 nitrogen and oxygen atoms in total. The van der Waals surface area contributed by atoms with Crippen molar-refractivity contribution in [3.05, 3.63) is 66.0 Å². The minimum Gasteiger partial charge on any atom is -0.496 e. The fourth-order valence-electron chi connectivity index (χ4n) is 7.70. The van der Waals surface area contributed by atoms with Gasteiger partial charge in [0.1, 0.15) is 40.9 Å². The molecule has 0 radical (unpaired) electrons. The van der Waals surface area contributed by atoms with Crippen molar-refractivity contribution < 1.29 is 41.8 Å². The van der Waals surface area contributed by atoms with Crippen LogP contribution in [0.3, 0.4) is 0 Å². The maximum absolute atomic E-state index is 14.7. The van der Waals surface area contributed by atoms with Gasteiger partial charge in [-0.25, -0.2) is 13.4 Å². The number of benzene rings is 1. The van der Waals surface area contributed by atoms with Gasteiger partial charge < -0.3 is 29.7 Å². The summed E-state index contributed by atoms with van der Waals surface area (Å²) in [5.74, 6) is -1.54. The normalized spacial score (nSPS) is 26.6. The summed E-state index contributed by atoms with van der Waals surface area (Å²) in [4.78, 5) is 62.8. The number of aromatic nitrogens is 3. The van der Waals surface area contributed by atoms with Crippen LogP contribution in [0.5, 0.6) is 17.4 Å². The van der Waals surface area contributed by atoms with E-state index >= 15 is 0 Å². The van der Waals surface area contributed by atoms with Gasteiger partial charge in [-0.05, 0) is 90.3 Å². The topological polar surface area (TPSA) is 200 Å². The molecule has 3 aromatic rings. The summed E-state index contributed by atoms with van der Waals surface area (Å²) >= 11 is 0. The average molecular weight is 818 g/mol. The van der Waals surface area contributed by atoms with Crippen molar-refractivity contribution >= 4 is 44.6 Å². The number of fused-ring (bicyclic) bond motifs is 3. The Bertz CT molecular complexity index is 2300. The summed E-state index contributed by atoms with van der Waals surface area (Å²) in [6, 6.07) is 4.65. The highest BCUT2D eigenvalue weighted by Crippen LogP contribution is 2.48. The summed E-state index contributed by atoms with van der Waals surface area (Å²) in [6.45, 7) is 7.18. The summed E-state index contributed by atoms with van der Waals surface area (Å²) in [5.41, 5.74) is -0.0370. The van der Waals surface area contributed by atoms with Gasteiger partial charge in [-0.1, -0.05) is 24.3 Å². The third-order valence-electron chi connectivity index (χ3n) is 11.5. The first kappa shape index (κ1) is 40.7. The zero-order valence-corrected chi connectivity index (χ0v) is 34.4. The van der Waals surface area contributed by atoms with Gasteiger partial charge in [0.25, 0.3) is 11.8 Å². The fourth-order valence-corrected chi connectivity index (χ4v) is 9.02. The van der Waals surface area contributed by atoms with E-state index in [0.717, 1.165) is 5.56 Å². The van der Waals surface area contributed by atoms with Crippen LogP contribution < -0.4 is 29.6 Å². The van der Waals surface area contributed by atoms with Gasteiger partial charge in [0, 0.05) is 36.7 Å². The van der Waals surface area contributed by atoms with Gasteiger partial charge in [-0.15, -0.1) is 0 Å². The molecule has 3 fully saturated rings. The van der Waals surface area contributed by atoms with Crippen LogP contribution >= 0.6 is 0 Å². The second-order valence-corrected chi connectivity index (χ2v) is 18.4. The Balaban J connectivity index is 1.24. The smallest absolute Gasteiger partial charge is 0.272 e. The van der Waals surface area contributed by atoms with Crippen LogP contribution in [0.25, 0.3) is 10.9 Å². The SMILES string of the molecule is COc1ccc2c(O[C@@H]3C[C@H]4C(=O)N[C@]5(C(=O)NS(=O)(=O)C6(C)CC6)C[C@H]5C/C=C/C=C/CC[C@H](NC(=O)c5ccn(C)n5)C(=O)N4C3)cc(OC(C)C)nc2c1C. The lowest BCUT2D eigenvalue weighted by Crippen LogP contribution is -2.58.